The number of benzene rings is 1. The summed E-state index contributed by atoms with van der Waals surface area (Å²) in [5, 5.41) is 0. The number of hydrogen-bond acceptors (Lipinski definition) is 2. The van der Waals surface area contributed by atoms with Crippen molar-refractivity contribution in [2.75, 3.05) is 22.9 Å². The topological polar surface area (TPSA) is 6.48 Å². The average molecular weight is 397 g/mol. The second-order valence-corrected chi connectivity index (χ2v) is 7.73. The first-order valence-electron chi connectivity index (χ1n) is 10.5. The zero-order valence-corrected chi connectivity index (χ0v) is 18.0. The van der Waals surface area contributed by atoms with Crippen molar-refractivity contribution in [1.29, 1.82) is 0 Å². The monoisotopic (exact) mass is 396 g/mol. The van der Waals surface area contributed by atoms with Crippen LogP contribution < -0.4 is 9.80 Å². The summed E-state index contributed by atoms with van der Waals surface area (Å²) < 4.78 is 0. The van der Waals surface area contributed by atoms with Crippen LogP contribution in [0.5, 0.6) is 0 Å². The maximum absolute atomic E-state index is 4.19. The van der Waals surface area contributed by atoms with Crippen molar-refractivity contribution in [3.63, 3.8) is 0 Å². The Kier molecular flexibility index (Phi) is 6.79. The SMILES string of the molecule is C=CC(=C)C(=C)CCN1C2=C(CCC=C2)N(CCC(=C)C(=C)C=C)c2ccccc21. The lowest BCUT2D eigenvalue weighted by atomic mass is 9.98. The molecule has 2 aliphatic rings. The summed E-state index contributed by atoms with van der Waals surface area (Å²) in [6, 6.07) is 8.65. The Morgan fingerprint density at radius 3 is 1.93 bits per heavy atom. The first-order valence-corrected chi connectivity index (χ1v) is 10.5. The molecular weight excluding hydrogens is 364 g/mol. The van der Waals surface area contributed by atoms with Crippen LogP contribution in [0.3, 0.4) is 0 Å². The fourth-order valence-corrected chi connectivity index (χ4v) is 3.95. The molecule has 3 rings (SSSR count). The number of para-hydroxylation sites is 2. The van der Waals surface area contributed by atoms with E-state index in [0.717, 1.165) is 61.1 Å². The molecule has 2 nitrogen and oxygen atoms in total. The molecule has 0 spiro atoms. The number of hydrogen-bond donors (Lipinski definition) is 0. The molecule has 1 heterocycles. The van der Waals surface area contributed by atoms with Crippen molar-refractivity contribution >= 4 is 11.4 Å². The van der Waals surface area contributed by atoms with Crippen molar-refractivity contribution in [2.45, 2.75) is 25.7 Å². The van der Waals surface area contributed by atoms with Gasteiger partial charge in [0, 0.05) is 18.8 Å². The number of anilines is 2. The van der Waals surface area contributed by atoms with E-state index in [4.69, 9.17) is 0 Å². The molecule has 1 aromatic carbocycles. The minimum atomic E-state index is 0.847. The Hall–Kier alpha value is -3.26. The van der Waals surface area contributed by atoms with E-state index in [-0.39, 0.29) is 0 Å². The summed E-state index contributed by atoms with van der Waals surface area (Å²) >= 11 is 0. The van der Waals surface area contributed by atoms with Gasteiger partial charge in [-0.15, -0.1) is 0 Å². The van der Waals surface area contributed by atoms with Crippen molar-refractivity contribution in [3.05, 3.63) is 122 Å². The Balaban J connectivity index is 1.92. The smallest absolute Gasteiger partial charge is 0.0652 e. The first kappa shape index (κ1) is 21.4. The zero-order valence-electron chi connectivity index (χ0n) is 18.0. The van der Waals surface area contributed by atoms with Crippen molar-refractivity contribution in [3.8, 4) is 0 Å². The minimum Gasteiger partial charge on any atom is -0.341 e. The van der Waals surface area contributed by atoms with Gasteiger partial charge in [0.2, 0.25) is 0 Å². The zero-order chi connectivity index (χ0) is 21.7. The minimum absolute atomic E-state index is 0.847. The summed E-state index contributed by atoms with van der Waals surface area (Å²) in [5.74, 6) is 0. The maximum Gasteiger partial charge on any atom is 0.0652 e. The van der Waals surface area contributed by atoms with E-state index in [1.54, 1.807) is 12.2 Å². The van der Waals surface area contributed by atoms with Gasteiger partial charge < -0.3 is 9.80 Å². The van der Waals surface area contributed by atoms with E-state index in [2.05, 4.69) is 85.7 Å². The van der Waals surface area contributed by atoms with E-state index in [9.17, 15) is 0 Å². The standard InChI is InChI=1S/C28H32N2/c1-7-21(3)23(5)17-19-29-25-13-9-11-15-27(25)30(20-18-24(6)22(4)8-2)28-16-12-10-14-26(28)29/h7-11,13-15H,1-6,12,16-20H2. The highest BCUT2D eigenvalue weighted by molar-refractivity contribution is 5.80. The second kappa shape index (κ2) is 9.49. The molecular formula is C28H32N2. The molecule has 0 fully saturated rings. The van der Waals surface area contributed by atoms with Gasteiger partial charge in [0.25, 0.3) is 0 Å². The third-order valence-corrected chi connectivity index (χ3v) is 5.87. The molecule has 154 valence electrons. The molecule has 1 aromatic rings. The van der Waals surface area contributed by atoms with Crippen LogP contribution in [0.2, 0.25) is 0 Å². The Morgan fingerprint density at radius 1 is 0.833 bits per heavy atom. The van der Waals surface area contributed by atoms with E-state index in [1.165, 1.54) is 22.8 Å². The third-order valence-electron chi connectivity index (χ3n) is 5.87. The molecule has 0 saturated heterocycles. The maximum atomic E-state index is 4.19. The summed E-state index contributed by atoms with van der Waals surface area (Å²) in [7, 11) is 0. The van der Waals surface area contributed by atoms with E-state index in [1.807, 2.05) is 0 Å². The fourth-order valence-electron chi connectivity index (χ4n) is 3.95. The van der Waals surface area contributed by atoms with Crippen LogP contribution in [-0.2, 0) is 0 Å². The van der Waals surface area contributed by atoms with Crippen molar-refractivity contribution in [2.24, 2.45) is 0 Å². The highest BCUT2D eigenvalue weighted by Gasteiger charge is 2.30. The van der Waals surface area contributed by atoms with Gasteiger partial charge in [0.05, 0.1) is 17.1 Å². The molecule has 0 amide bonds. The molecule has 0 unspecified atom stereocenters. The molecule has 2 heteroatoms. The molecule has 0 atom stereocenters. The van der Waals surface area contributed by atoms with Gasteiger partial charge >= 0.3 is 0 Å². The molecule has 1 aliphatic carbocycles. The highest BCUT2D eigenvalue weighted by atomic mass is 15.3. The van der Waals surface area contributed by atoms with Crippen molar-refractivity contribution in [1.82, 2.24) is 0 Å². The largest absolute Gasteiger partial charge is 0.341 e. The van der Waals surface area contributed by atoms with Gasteiger partial charge in [0.15, 0.2) is 0 Å². The van der Waals surface area contributed by atoms with E-state index >= 15 is 0 Å². The molecule has 0 saturated carbocycles. The molecule has 0 bridgehead atoms. The van der Waals surface area contributed by atoms with Crippen LogP contribution in [-0.4, -0.2) is 13.1 Å². The Labute approximate surface area is 181 Å². The normalized spacial score (nSPS) is 14.7. The van der Waals surface area contributed by atoms with Gasteiger partial charge in [-0.05, 0) is 66.2 Å². The molecule has 0 aromatic heterocycles. The highest BCUT2D eigenvalue weighted by Crippen LogP contribution is 2.43. The number of fused-ring (bicyclic) bond motifs is 1. The molecule has 0 radical (unpaired) electrons. The summed E-state index contributed by atoms with van der Waals surface area (Å²) in [5.41, 5.74) is 9.04. The predicted molar refractivity (Wildman–Crippen MR) is 133 cm³/mol. The fraction of sp³-hybridized carbons (Fsp3) is 0.214. The van der Waals surface area contributed by atoms with E-state index in [0.29, 0.717) is 0 Å². The van der Waals surface area contributed by atoms with Gasteiger partial charge in [-0.3, -0.25) is 0 Å². The Morgan fingerprint density at radius 2 is 1.37 bits per heavy atom. The van der Waals surface area contributed by atoms with Gasteiger partial charge in [-0.25, -0.2) is 0 Å². The van der Waals surface area contributed by atoms with Crippen LogP contribution in [0.4, 0.5) is 11.4 Å². The second-order valence-electron chi connectivity index (χ2n) is 7.73. The number of nitrogens with zero attached hydrogens (tertiary/aromatic N) is 2. The van der Waals surface area contributed by atoms with Crippen LogP contribution in [0.15, 0.2) is 122 Å². The van der Waals surface area contributed by atoms with Gasteiger partial charge in [-0.1, -0.05) is 69.8 Å². The van der Waals surface area contributed by atoms with Gasteiger partial charge in [0.1, 0.15) is 0 Å². The molecule has 30 heavy (non-hydrogen) atoms. The predicted octanol–water partition coefficient (Wildman–Crippen LogP) is 7.25. The van der Waals surface area contributed by atoms with Crippen LogP contribution in [0, 0.1) is 0 Å². The van der Waals surface area contributed by atoms with Crippen molar-refractivity contribution < 1.29 is 0 Å². The molecule has 1 aliphatic heterocycles. The lowest BCUT2D eigenvalue weighted by Crippen LogP contribution is -2.38. The van der Waals surface area contributed by atoms with Crippen LogP contribution in [0.25, 0.3) is 0 Å². The number of rotatable bonds is 10. The lowest BCUT2D eigenvalue weighted by Gasteiger charge is -2.43. The average Bonchev–Trinajstić information content (AvgIpc) is 2.79. The Bertz CT molecular complexity index is 970. The van der Waals surface area contributed by atoms with Crippen LogP contribution >= 0.6 is 0 Å². The lowest BCUT2D eigenvalue weighted by molar-refractivity contribution is 0.751. The summed E-state index contributed by atoms with van der Waals surface area (Å²) in [6.45, 7) is 25.9. The molecule has 0 N–H and O–H groups in total. The van der Waals surface area contributed by atoms with E-state index < -0.39 is 0 Å². The third kappa shape index (κ3) is 4.33. The first-order chi connectivity index (χ1) is 14.5. The summed E-state index contributed by atoms with van der Waals surface area (Å²) in [6.07, 6.45) is 11.9. The van der Waals surface area contributed by atoms with Gasteiger partial charge in [-0.2, -0.15) is 0 Å². The quantitative estimate of drug-likeness (QED) is 0.384. The number of allylic oxidation sites excluding steroid dienone is 7. The summed E-state index contributed by atoms with van der Waals surface area (Å²) in [4.78, 5) is 4.89. The van der Waals surface area contributed by atoms with Crippen LogP contribution in [0.1, 0.15) is 25.7 Å².